The molecule has 0 unspecified atom stereocenters. The van der Waals surface area contributed by atoms with E-state index in [2.05, 4.69) is 26.6 Å². The number of hydrogen-bond donors (Lipinski definition) is 8. The Kier molecular flexibility index (Phi) is 21.1. The highest BCUT2D eigenvalue weighted by molar-refractivity contribution is 7.15. The van der Waals surface area contributed by atoms with Crippen LogP contribution in [0.4, 0.5) is 10.6 Å². The number of aliphatic carboxylic acids is 2. The summed E-state index contributed by atoms with van der Waals surface area (Å²) in [6.07, 6.45) is -1.32. The summed E-state index contributed by atoms with van der Waals surface area (Å²) in [6.45, 7) is 5.02. The number of nitrogens with zero attached hydrogens (tertiary/aromatic N) is 8. The number of amides is 6. The van der Waals surface area contributed by atoms with Gasteiger partial charge in [0.25, 0.3) is 17.7 Å². The number of unbranched alkanes of at least 4 members (excludes halogenated alkanes) is 2. The number of thiazole rings is 6. The minimum atomic E-state index is -1.31. The quantitative estimate of drug-likeness (QED) is 0.0395. The minimum Gasteiger partial charge on any atom is -0.481 e. The van der Waals surface area contributed by atoms with Gasteiger partial charge < -0.3 is 51.4 Å². The molecule has 91 heavy (non-hydrogen) atoms. The van der Waals surface area contributed by atoms with Gasteiger partial charge in [0.1, 0.15) is 88.3 Å². The first-order chi connectivity index (χ1) is 43.7. The zero-order valence-corrected chi connectivity index (χ0v) is 54.3. The number of rotatable bonds is 17. The number of hydrogen-bond acceptors (Lipinski definition) is 24. The highest BCUT2D eigenvalue weighted by atomic mass is 32.1. The van der Waals surface area contributed by atoms with Crippen LogP contribution in [0.3, 0.4) is 0 Å². The molecule has 1 aromatic carbocycles. The molecule has 10 rings (SSSR count). The molecule has 8 N–H and O–H groups in total. The first kappa shape index (κ1) is 65.6. The fraction of sp³-hybridized carbons (Fsp3) is 0.373. The van der Waals surface area contributed by atoms with Crippen molar-refractivity contribution in [2.45, 2.75) is 103 Å². The van der Waals surface area contributed by atoms with Crippen molar-refractivity contribution >= 4 is 121 Å². The van der Waals surface area contributed by atoms with Gasteiger partial charge in [-0.1, -0.05) is 50.6 Å². The second-order valence-electron chi connectivity index (χ2n) is 21.5. The highest BCUT2D eigenvalue weighted by Crippen LogP contribution is 2.41. The molecule has 8 aromatic rings. The van der Waals surface area contributed by atoms with E-state index < -0.39 is 90.4 Å². The van der Waals surface area contributed by atoms with Crippen LogP contribution in [0.25, 0.3) is 43.4 Å². The number of carboxylic acid groups (broad SMARTS) is 2. The predicted molar refractivity (Wildman–Crippen MR) is 341 cm³/mol. The van der Waals surface area contributed by atoms with Crippen molar-refractivity contribution in [2.24, 2.45) is 11.8 Å². The maximum Gasteiger partial charge on any atom is 0.415 e. The summed E-state index contributed by atoms with van der Waals surface area (Å²) in [5.74, 6) is -5.57. The van der Waals surface area contributed by atoms with Gasteiger partial charge >= 0.3 is 18.0 Å². The van der Waals surface area contributed by atoms with Crippen LogP contribution in [0.15, 0.2) is 64.0 Å². The van der Waals surface area contributed by atoms with E-state index in [1.54, 1.807) is 70.9 Å². The first-order valence-corrected chi connectivity index (χ1v) is 33.8. The lowest BCUT2D eigenvalue weighted by atomic mass is 9.82. The summed E-state index contributed by atoms with van der Waals surface area (Å²) < 4.78 is 11.2. The number of ether oxygens (including phenoxy) is 2. The fourth-order valence-electron chi connectivity index (χ4n) is 9.79. The second-order valence-corrected chi connectivity index (χ2v) is 27.3. The molecule has 32 heteroatoms. The zero-order chi connectivity index (χ0) is 64.6. The first-order valence-electron chi connectivity index (χ1n) is 28.6. The average Bonchev–Trinajstić information content (AvgIpc) is 1.76. The van der Waals surface area contributed by atoms with Gasteiger partial charge in [-0.05, 0) is 56.2 Å². The standard InChI is InChI=1S/C59H61N13O13S6/c1-27(2)43-57-71-46(38(91-57)22-84-5)50(79)61-21-41(74)68-47(48(77)29-12-8-6-9-13-29)56-66-37(25-88-56)54-64-35(23-87-54)45-32(52-65-36(24-86-52)49(78)63-34(20-40(73)60-4)55-70-44(28(3)90-55)51(80)69-43)15-16-33(62-45)53-67-39(26-89-53)72(17-11-7-10-14-42(75)76)59(83)85-31-18-30(19-31)58(81)82/h6,8-9,12-13,15-16,23-27,30-31,34,43,47-48,77H,7,10-11,14,17-22H2,1-5H3,(H,60,73)(H,61,79)(H,63,78)(H,68,74)(H,69,80)(H,75,76)(H,81,82)/t30?,31?,34-,43-,47-,48-/m0/s1. The van der Waals surface area contributed by atoms with Crippen molar-refractivity contribution in [3.63, 3.8) is 0 Å². The molecule has 8 heterocycles. The Bertz CT molecular complexity index is 4000. The molecule has 2 aliphatic rings. The van der Waals surface area contributed by atoms with E-state index in [-0.39, 0.29) is 72.7 Å². The van der Waals surface area contributed by atoms with Gasteiger partial charge in [0, 0.05) is 59.1 Å². The number of benzene rings is 1. The number of pyridine rings is 1. The van der Waals surface area contributed by atoms with Crippen molar-refractivity contribution in [3.05, 3.63) is 111 Å². The van der Waals surface area contributed by atoms with Crippen molar-refractivity contribution in [1.82, 2.24) is 61.5 Å². The highest BCUT2D eigenvalue weighted by Gasteiger charge is 2.39. The number of carboxylic acids is 2. The maximum absolute atomic E-state index is 14.4. The molecule has 1 saturated carbocycles. The van der Waals surface area contributed by atoms with E-state index in [0.717, 1.165) is 45.3 Å². The van der Waals surface area contributed by atoms with Gasteiger partial charge in [-0.2, -0.15) is 0 Å². The Morgan fingerprint density at radius 2 is 1.42 bits per heavy atom. The van der Waals surface area contributed by atoms with Gasteiger partial charge in [-0.3, -0.25) is 38.5 Å². The normalized spacial score (nSPS) is 18.2. The van der Waals surface area contributed by atoms with Gasteiger partial charge in [0.15, 0.2) is 0 Å². The molecule has 6 amide bonds. The van der Waals surface area contributed by atoms with Gasteiger partial charge in [-0.15, -0.1) is 68.0 Å². The molecule has 10 bridgehead atoms. The molecule has 4 atom stereocenters. The molecule has 0 radical (unpaired) electrons. The van der Waals surface area contributed by atoms with E-state index >= 15 is 0 Å². The third kappa shape index (κ3) is 15.5. The SMILES string of the molecule is CNC(=O)C[C@@H]1NC(=O)c2csc(n2)-c2ccc(-c3nc(N(CCCCCC(=O)O)C(=O)OC4CC(C(=O)O)C4)cs3)nc2-c2csc(n2)-c2csc(n2)[C@H]([C@@H](O)c2ccccc2)NC(=O)CNC(=O)c2nc(sc2COC)[C@H](C(C)C)NC(=O)c2nc1sc2C. The number of nitrogens with one attached hydrogen (secondary N) is 5. The van der Waals surface area contributed by atoms with Crippen LogP contribution in [0.1, 0.15) is 145 Å². The lowest BCUT2D eigenvalue weighted by molar-refractivity contribution is -0.148. The maximum atomic E-state index is 14.4. The number of aliphatic hydroxyl groups excluding tert-OH is 1. The smallest absolute Gasteiger partial charge is 0.415 e. The summed E-state index contributed by atoms with van der Waals surface area (Å²) in [5, 5.41) is 53.5. The Morgan fingerprint density at radius 1 is 0.703 bits per heavy atom. The van der Waals surface area contributed by atoms with Crippen LogP contribution >= 0.6 is 68.0 Å². The van der Waals surface area contributed by atoms with Gasteiger partial charge in [0.05, 0.1) is 48.1 Å². The number of aryl methyl sites for hydroxylation is 1. The molecular weight excluding hydrogens is 1290 g/mol. The van der Waals surface area contributed by atoms with E-state index in [9.17, 15) is 53.7 Å². The largest absolute Gasteiger partial charge is 0.481 e. The van der Waals surface area contributed by atoms with Gasteiger partial charge in [-0.25, -0.2) is 39.7 Å². The van der Waals surface area contributed by atoms with E-state index in [1.165, 1.54) is 41.7 Å². The third-order valence-electron chi connectivity index (χ3n) is 14.7. The monoisotopic (exact) mass is 1350 g/mol. The van der Waals surface area contributed by atoms with Crippen molar-refractivity contribution in [3.8, 4) is 43.4 Å². The van der Waals surface area contributed by atoms with Gasteiger partial charge in [0.2, 0.25) is 11.8 Å². The summed E-state index contributed by atoms with van der Waals surface area (Å²) in [5.41, 5.74) is 2.36. The van der Waals surface area contributed by atoms with Crippen LogP contribution in [0.5, 0.6) is 0 Å². The summed E-state index contributed by atoms with van der Waals surface area (Å²) in [4.78, 5) is 143. The second kappa shape index (κ2) is 29.3. The van der Waals surface area contributed by atoms with Crippen molar-refractivity contribution in [1.29, 1.82) is 0 Å². The average molecular weight is 1350 g/mol. The lowest BCUT2D eigenvalue weighted by Crippen LogP contribution is -2.42. The molecule has 1 aliphatic heterocycles. The molecule has 1 aliphatic carbocycles. The molecule has 476 valence electrons. The minimum absolute atomic E-state index is 0.00978. The third-order valence-corrected chi connectivity index (χ3v) is 20.4. The molecule has 0 saturated heterocycles. The van der Waals surface area contributed by atoms with Crippen molar-refractivity contribution < 1.29 is 63.1 Å². The van der Waals surface area contributed by atoms with Crippen LogP contribution in [-0.2, 0) is 35.3 Å². The number of aliphatic hydroxyl groups is 1. The number of methoxy groups -OCH3 is 1. The summed E-state index contributed by atoms with van der Waals surface area (Å²) in [7, 11) is 2.92. The fourth-order valence-corrected chi connectivity index (χ4v) is 15.3. The number of fused-ring (bicyclic) bond motifs is 14. The van der Waals surface area contributed by atoms with E-state index in [0.29, 0.717) is 88.0 Å². The topological polar surface area (TPSA) is 369 Å². The molecule has 0 spiro atoms. The predicted octanol–water partition coefficient (Wildman–Crippen LogP) is 8.76. The lowest BCUT2D eigenvalue weighted by Gasteiger charge is -2.33. The Morgan fingerprint density at radius 3 is 2.15 bits per heavy atom. The van der Waals surface area contributed by atoms with Crippen LogP contribution in [-0.4, -0.2) is 131 Å². The Balaban J connectivity index is 1.03. The number of carbonyl (C=O) groups is 8. The van der Waals surface area contributed by atoms with Crippen LogP contribution < -0.4 is 31.5 Å². The van der Waals surface area contributed by atoms with Crippen LogP contribution in [0, 0.1) is 18.8 Å². The van der Waals surface area contributed by atoms with Crippen molar-refractivity contribution in [2.75, 3.05) is 32.1 Å². The summed E-state index contributed by atoms with van der Waals surface area (Å²) in [6, 6.07) is 9.27. The van der Waals surface area contributed by atoms with E-state index in [1.807, 2.05) is 13.8 Å². The van der Waals surface area contributed by atoms with Crippen LogP contribution in [0.2, 0.25) is 0 Å². The molecule has 1 fully saturated rings. The number of carbonyl (C=O) groups excluding carboxylic acids is 6. The Hall–Kier alpha value is -8.37. The number of anilines is 1. The molecule has 7 aromatic heterocycles. The molecular formula is C59H61N13O13S6. The molecule has 26 nitrogen and oxygen atoms in total. The Labute approximate surface area is 544 Å². The number of aromatic nitrogens is 7. The van der Waals surface area contributed by atoms with E-state index in [4.69, 9.17) is 44.4 Å². The zero-order valence-electron chi connectivity index (χ0n) is 49.4. The summed E-state index contributed by atoms with van der Waals surface area (Å²) >= 11 is 7.00.